The topological polar surface area (TPSA) is 50.7 Å². The van der Waals surface area contributed by atoms with Crippen molar-refractivity contribution < 1.29 is 9.53 Å². The molecule has 0 heterocycles. The van der Waals surface area contributed by atoms with Crippen LogP contribution >= 0.6 is 0 Å². The molecule has 158 valence electrons. The standard InChI is InChI=1S/C28H24N2O2/c1-21(23-12-14-25(15-13-23)24-10-6-3-7-11-24)29-30-28(31)26-16-18-27(19-17-26)32-20-22-8-4-2-5-9-22/h2-19H,20H2,1H3,(H,30,31). The van der Waals surface area contributed by atoms with Crippen molar-refractivity contribution in [3.63, 3.8) is 0 Å². The summed E-state index contributed by atoms with van der Waals surface area (Å²) in [5, 5.41) is 4.26. The zero-order chi connectivity index (χ0) is 22.2. The van der Waals surface area contributed by atoms with Crippen molar-refractivity contribution in [2.45, 2.75) is 13.5 Å². The minimum absolute atomic E-state index is 0.264. The van der Waals surface area contributed by atoms with Crippen LogP contribution in [0.2, 0.25) is 0 Å². The third-order valence-electron chi connectivity index (χ3n) is 5.10. The molecule has 4 nitrogen and oxygen atoms in total. The molecule has 4 aromatic rings. The van der Waals surface area contributed by atoms with Crippen LogP contribution in [0.3, 0.4) is 0 Å². The van der Waals surface area contributed by atoms with Gasteiger partial charge >= 0.3 is 0 Å². The zero-order valence-corrected chi connectivity index (χ0v) is 17.9. The average Bonchev–Trinajstić information content (AvgIpc) is 2.87. The first-order valence-electron chi connectivity index (χ1n) is 10.5. The number of ether oxygens (including phenoxy) is 1. The largest absolute Gasteiger partial charge is 0.489 e. The van der Waals surface area contributed by atoms with Gasteiger partial charge in [0.1, 0.15) is 12.4 Å². The number of nitrogens with zero attached hydrogens (tertiary/aromatic N) is 1. The van der Waals surface area contributed by atoms with Crippen LogP contribution in [0.4, 0.5) is 0 Å². The van der Waals surface area contributed by atoms with E-state index in [1.807, 2.05) is 67.6 Å². The van der Waals surface area contributed by atoms with Gasteiger partial charge < -0.3 is 4.74 Å². The Hall–Kier alpha value is -4.18. The van der Waals surface area contributed by atoms with E-state index in [1.54, 1.807) is 24.3 Å². The SMILES string of the molecule is CC(=NNC(=O)c1ccc(OCc2ccccc2)cc1)c1ccc(-c2ccccc2)cc1. The number of hydrogen-bond acceptors (Lipinski definition) is 3. The van der Waals surface area contributed by atoms with Crippen LogP contribution in [0, 0.1) is 0 Å². The number of nitrogens with one attached hydrogen (secondary N) is 1. The Labute approximate surface area is 188 Å². The minimum atomic E-state index is -0.264. The second-order valence-corrected chi connectivity index (χ2v) is 7.38. The molecular weight excluding hydrogens is 396 g/mol. The van der Waals surface area contributed by atoms with Gasteiger partial charge in [0.05, 0.1) is 5.71 Å². The Morgan fingerprint density at radius 3 is 1.94 bits per heavy atom. The molecule has 0 unspecified atom stereocenters. The van der Waals surface area contributed by atoms with Crippen LogP contribution in [-0.4, -0.2) is 11.6 Å². The molecule has 0 aliphatic rings. The minimum Gasteiger partial charge on any atom is -0.489 e. The van der Waals surface area contributed by atoms with E-state index >= 15 is 0 Å². The molecule has 0 spiro atoms. The van der Waals surface area contributed by atoms with Gasteiger partial charge in [0.15, 0.2) is 0 Å². The Kier molecular flexibility index (Phi) is 6.73. The van der Waals surface area contributed by atoms with E-state index in [2.05, 4.69) is 34.8 Å². The number of rotatable bonds is 7. The van der Waals surface area contributed by atoms with Gasteiger partial charge in [-0.15, -0.1) is 0 Å². The third kappa shape index (κ3) is 5.49. The van der Waals surface area contributed by atoms with Gasteiger partial charge in [-0.05, 0) is 53.4 Å². The summed E-state index contributed by atoms with van der Waals surface area (Å²) in [6.45, 7) is 2.36. The highest BCUT2D eigenvalue weighted by Crippen LogP contribution is 2.19. The Morgan fingerprint density at radius 2 is 1.28 bits per heavy atom. The summed E-state index contributed by atoms with van der Waals surface area (Å²) in [4.78, 5) is 12.5. The molecule has 0 aliphatic carbocycles. The van der Waals surface area contributed by atoms with Crippen LogP contribution in [0.15, 0.2) is 114 Å². The molecule has 0 bridgehead atoms. The fourth-order valence-electron chi connectivity index (χ4n) is 3.24. The molecular formula is C28H24N2O2. The van der Waals surface area contributed by atoms with Gasteiger partial charge in [0.2, 0.25) is 0 Å². The second-order valence-electron chi connectivity index (χ2n) is 7.38. The molecule has 0 saturated heterocycles. The van der Waals surface area contributed by atoms with Crippen molar-refractivity contribution in [1.82, 2.24) is 5.43 Å². The lowest BCUT2D eigenvalue weighted by atomic mass is 10.0. The van der Waals surface area contributed by atoms with E-state index in [1.165, 1.54) is 0 Å². The zero-order valence-electron chi connectivity index (χ0n) is 17.9. The van der Waals surface area contributed by atoms with E-state index in [9.17, 15) is 4.79 Å². The van der Waals surface area contributed by atoms with Crippen LogP contribution in [0.5, 0.6) is 5.75 Å². The van der Waals surface area contributed by atoms with Crippen molar-refractivity contribution >= 4 is 11.6 Å². The molecule has 0 atom stereocenters. The average molecular weight is 421 g/mol. The third-order valence-corrected chi connectivity index (χ3v) is 5.10. The molecule has 0 aliphatic heterocycles. The number of carbonyl (C=O) groups is 1. The summed E-state index contributed by atoms with van der Waals surface area (Å²) in [5.74, 6) is 0.448. The van der Waals surface area contributed by atoms with Gasteiger partial charge in [-0.1, -0.05) is 84.9 Å². The molecule has 4 heteroatoms. The molecule has 32 heavy (non-hydrogen) atoms. The van der Waals surface area contributed by atoms with Crippen molar-refractivity contribution in [2.75, 3.05) is 0 Å². The quantitative estimate of drug-likeness (QED) is 0.291. The van der Waals surface area contributed by atoms with Crippen LogP contribution < -0.4 is 10.2 Å². The smallest absolute Gasteiger partial charge is 0.271 e. The lowest BCUT2D eigenvalue weighted by Crippen LogP contribution is -2.19. The summed E-state index contributed by atoms with van der Waals surface area (Å²) < 4.78 is 5.77. The Balaban J connectivity index is 1.34. The molecule has 1 amide bonds. The summed E-state index contributed by atoms with van der Waals surface area (Å²) in [5.41, 5.74) is 8.24. The first kappa shape index (κ1) is 21.1. The first-order chi connectivity index (χ1) is 15.7. The van der Waals surface area contributed by atoms with Gasteiger partial charge in [-0.2, -0.15) is 5.10 Å². The highest BCUT2D eigenvalue weighted by atomic mass is 16.5. The van der Waals surface area contributed by atoms with Crippen LogP contribution in [0.1, 0.15) is 28.4 Å². The highest BCUT2D eigenvalue weighted by molar-refractivity contribution is 6.01. The van der Waals surface area contributed by atoms with Crippen molar-refractivity contribution in [1.29, 1.82) is 0 Å². The Bertz CT molecular complexity index is 1180. The lowest BCUT2D eigenvalue weighted by Gasteiger charge is -2.07. The van der Waals surface area contributed by atoms with Crippen LogP contribution in [0.25, 0.3) is 11.1 Å². The molecule has 4 aromatic carbocycles. The number of hydrogen-bond donors (Lipinski definition) is 1. The van der Waals surface area contributed by atoms with E-state index in [-0.39, 0.29) is 5.91 Å². The predicted octanol–water partition coefficient (Wildman–Crippen LogP) is 6.09. The predicted molar refractivity (Wildman–Crippen MR) is 129 cm³/mol. The maximum Gasteiger partial charge on any atom is 0.271 e. The van der Waals surface area contributed by atoms with Crippen molar-refractivity contribution in [3.05, 3.63) is 126 Å². The van der Waals surface area contributed by atoms with E-state index in [0.29, 0.717) is 17.9 Å². The van der Waals surface area contributed by atoms with Crippen LogP contribution in [-0.2, 0) is 6.61 Å². The maximum absolute atomic E-state index is 12.5. The van der Waals surface area contributed by atoms with E-state index < -0.39 is 0 Å². The van der Waals surface area contributed by atoms with Gasteiger partial charge in [-0.25, -0.2) is 5.43 Å². The Morgan fingerprint density at radius 1 is 0.719 bits per heavy atom. The molecule has 0 fully saturated rings. The van der Waals surface area contributed by atoms with Gasteiger partial charge in [-0.3, -0.25) is 4.79 Å². The summed E-state index contributed by atoms with van der Waals surface area (Å²) in [7, 11) is 0. The fraction of sp³-hybridized carbons (Fsp3) is 0.0714. The lowest BCUT2D eigenvalue weighted by molar-refractivity contribution is 0.0955. The first-order valence-corrected chi connectivity index (χ1v) is 10.5. The van der Waals surface area contributed by atoms with Gasteiger partial charge in [0.25, 0.3) is 5.91 Å². The number of benzene rings is 4. The molecule has 0 aromatic heterocycles. The second kappa shape index (κ2) is 10.2. The van der Waals surface area contributed by atoms with E-state index in [0.717, 1.165) is 28.0 Å². The molecule has 0 radical (unpaired) electrons. The number of hydrazone groups is 1. The fourth-order valence-corrected chi connectivity index (χ4v) is 3.24. The molecule has 0 saturated carbocycles. The normalized spacial score (nSPS) is 11.1. The van der Waals surface area contributed by atoms with Crippen molar-refractivity contribution in [3.8, 4) is 16.9 Å². The highest BCUT2D eigenvalue weighted by Gasteiger charge is 2.06. The van der Waals surface area contributed by atoms with E-state index in [4.69, 9.17) is 4.74 Å². The van der Waals surface area contributed by atoms with Crippen molar-refractivity contribution in [2.24, 2.45) is 5.10 Å². The summed E-state index contributed by atoms with van der Waals surface area (Å²) in [6.07, 6.45) is 0. The van der Waals surface area contributed by atoms with Gasteiger partial charge in [0, 0.05) is 5.56 Å². The monoisotopic (exact) mass is 420 g/mol. The number of amides is 1. The molecule has 4 rings (SSSR count). The maximum atomic E-state index is 12.5. The molecule has 1 N–H and O–H groups in total. The summed E-state index contributed by atoms with van der Waals surface area (Å²) >= 11 is 0. The summed E-state index contributed by atoms with van der Waals surface area (Å²) in [6, 6.07) is 35.3. The number of carbonyl (C=O) groups excluding carboxylic acids is 1.